The van der Waals surface area contributed by atoms with Crippen LogP contribution in [0.3, 0.4) is 0 Å². The zero-order chi connectivity index (χ0) is 22.8. The number of hydrogen-bond acceptors (Lipinski definition) is 6. The van der Waals surface area contributed by atoms with Crippen LogP contribution < -0.4 is 0 Å². The molecular weight excluding hydrogens is 418 g/mol. The van der Waals surface area contributed by atoms with E-state index in [9.17, 15) is 5.11 Å². The van der Waals surface area contributed by atoms with Gasteiger partial charge in [-0.2, -0.15) is 0 Å². The van der Waals surface area contributed by atoms with E-state index in [1.807, 2.05) is 0 Å². The van der Waals surface area contributed by atoms with Crippen molar-refractivity contribution in [1.29, 1.82) is 0 Å². The molecule has 3 heterocycles. The van der Waals surface area contributed by atoms with Crippen LogP contribution in [0.15, 0.2) is 23.7 Å². The molecule has 6 aliphatic rings. The number of likely N-dealkylation sites (tertiary alicyclic amines) is 1. The molecule has 5 unspecified atom stereocenters. The minimum absolute atomic E-state index is 0.0723. The summed E-state index contributed by atoms with van der Waals surface area (Å²) in [5, 5.41) is 12.7. The third-order valence-corrected chi connectivity index (χ3v) is 10.4. The molecule has 0 aromatic heterocycles. The predicted octanol–water partition coefficient (Wildman–Crippen LogP) is 3.71. The molecule has 184 valence electrons. The maximum absolute atomic E-state index is 12.7. The van der Waals surface area contributed by atoms with Crippen molar-refractivity contribution in [2.24, 2.45) is 35.0 Å². The number of likely N-dealkylation sites (N-methyl/N-ethyl adjacent to an activating group) is 1. The second kappa shape index (κ2) is 8.25. The van der Waals surface area contributed by atoms with Gasteiger partial charge in [-0.15, -0.1) is 0 Å². The first-order valence-electron chi connectivity index (χ1n) is 13.2. The van der Waals surface area contributed by atoms with Crippen molar-refractivity contribution in [2.75, 3.05) is 40.5 Å². The quantitative estimate of drug-likeness (QED) is 0.645. The number of hydrogen-bond donors (Lipinski definition) is 1. The van der Waals surface area contributed by atoms with Gasteiger partial charge in [0.15, 0.2) is 5.76 Å². The SMILES string of the molecule is COC1=C2O[C@H]3OCC4CCCCC(COCCC5(O)[C@H]6CC(C=C1)C2[C@@]35CCN6C)[C@H]4C. The van der Waals surface area contributed by atoms with E-state index in [4.69, 9.17) is 18.9 Å². The highest BCUT2D eigenvalue weighted by Gasteiger charge is 2.74. The number of allylic oxidation sites excluding steroid dienone is 3. The molecular formula is C27H41NO5. The Labute approximate surface area is 198 Å². The molecule has 6 nitrogen and oxygen atoms in total. The van der Waals surface area contributed by atoms with E-state index in [0.29, 0.717) is 43.3 Å². The standard InChI is InChI=1S/C27H41NO5/c1-17-19-6-4-5-7-20(17)16-32-25-26-10-12-28(2)22(27(26,29)11-13-31-15-19)14-18-8-9-21(30-3)24(33-25)23(18)26/h8-9,17-20,22-23,25,29H,4-7,10-16H2,1-3H3/t17-,18?,19?,20?,22-,23?,25-,26+,27?/m1/s1. The highest BCUT2D eigenvalue weighted by atomic mass is 16.7. The van der Waals surface area contributed by atoms with Gasteiger partial charge in [0.2, 0.25) is 6.29 Å². The summed E-state index contributed by atoms with van der Waals surface area (Å²) in [6.07, 6.45) is 11.3. The summed E-state index contributed by atoms with van der Waals surface area (Å²) >= 11 is 0. The van der Waals surface area contributed by atoms with Crippen LogP contribution in [0.4, 0.5) is 0 Å². The van der Waals surface area contributed by atoms with Crippen molar-refractivity contribution in [3.05, 3.63) is 23.7 Å². The van der Waals surface area contributed by atoms with Crippen LogP contribution in [-0.2, 0) is 18.9 Å². The van der Waals surface area contributed by atoms with Crippen molar-refractivity contribution >= 4 is 0 Å². The van der Waals surface area contributed by atoms with Gasteiger partial charge in [-0.1, -0.05) is 25.8 Å². The summed E-state index contributed by atoms with van der Waals surface area (Å²) in [5.41, 5.74) is -1.40. The zero-order valence-electron chi connectivity index (χ0n) is 20.5. The molecule has 2 saturated carbocycles. The smallest absolute Gasteiger partial charge is 0.208 e. The number of ether oxygens (including phenoxy) is 4. The highest BCUT2D eigenvalue weighted by molar-refractivity contribution is 5.36. The summed E-state index contributed by atoms with van der Waals surface area (Å²) in [5.74, 6) is 3.78. The molecule has 5 fully saturated rings. The molecule has 1 spiro atoms. The number of methoxy groups -OCH3 is 1. The Bertz CT molecular complexity index is 827. The molecule has 9 atom stereocenters. The fourth-order valence-corrected chi connectivity index (χ4v) is 8.49. The second-order valence-corrected chi connectivity index (χ2v) is 11.7. The minimum Gasteiger partial charge on any atom is -0.493 e. The third kappa shape index (κ3) is 3.13. The Hall–Kier alpha value is -1.08. The van der Waals surface area contributed by atoms with E-state index in [1.54, 1.807) is 7.11 Å². The number of nitrogens with zero attached hydrogens (tertiary/aromatic N) is 1. The monoisotopic (exact) mass is 459 g/mol. The molecule has 6 heteroatoms. The molecule has 0 aromatic carbocycles. The normalized spacial score (nSPS) is 49.9. The summed E-state index contributed by atoms with van der Waals surface area (Å²) in [4.78, 5) is 2.37. The van der Waals surface area contributed by atoms with Gasteiger partial charge in [-0.25, -0.2) is 0 Å². The van der Waals surface area contributed by atoms with E-state index in [0.717, 1.165) is 37.5 Å². The lowest BCUT2D eigenvalue weighted by atomic mass is 9.48. The maximum atomic E-state index is 12.7. The lowest BCUT2D eigenvalue weighted by molar-refractivity contribution is -0.286. The molecule has 3 aliphatic carbocycles. The highest BCUT2D eigenvalue weighted by Crippen LogP contribution is 2.67. The van der Waals surface area contributed by atoms with Gasteiger partial charge < -0.3 is 29.0 Å². The van der Waals surface area contributed by atoms with Gasteiger partial charge in [-0.3, -0.25) is 0 Å². The first kappa shape index (κ1) is 22.4. The topological polar surface area (TPSA) is 60.4 Å². The lowest BCUT2D eigenvalue weighted by Crippen LogP contribution is -2.74. The van der Waals surface area contributed by atoms with Gasteiger partial charge in [0.05, 0.1) is 24.7 Å². The molecule has 0 amide bonds. The Morgan fingerprint density at radius 3 is 2.73 bits per heavy atom. The summed E-state index contributed by atoms with van der Waals surface area (Å²) in [7, 11) is 3.88. The molecule has 33 heavy (non-hydrogen) atoms. The first-order valence-corrected chi connectivity index (χ1v) is 13.2. The molecule has 6 rings (SSSR count). The fourth-order valence-electron chi connectivity index (χ4n) is 8.49. The van der Waals surface area contributed by atoms with Crippen LogP contribution in [0.1, 0.15) is 51.9 Å². The molecule has 0 aromatic rings. The zero-order valence-corrected chi connectivity index (χ0v) is 20.5. The first-order chi connectivity index (χ1) is 16.0. The van der Waals surface area contributed by atoms with E-state index in [-0.39, 0.29) is 12.0 Å². The Balaban J connectivity index is 1.44. The van der Waals surface area contributed by atoms with Crippen LogP contribution >= 0.6 is 0 Å². The molecule has 0 radical (unpaired) electrons. The van der Waals surface area contributed by atoms with Crippen LogP contribution in [-0.4, -0.2) is 68.5 Å². The molecule has 1 N–H and O–H groups in total. The fraction of sp³-hybridized carbons (Fsp3) is 0.852. The van der Waals surface area contributed by atoms with Crippen molar-refractivity contribution in [1.82, 2.24) is 4.90 Å². The Kier molecular flexibility index (Phi) is 5.60. The van der Waals surface area contributed by atoms with Crippen LogP contribution in [0, 0.1) is 35.0 Å². The van der Waals surface area contributed by atoms with Crippen LogP contribution in [0.2, 0.25) is 0 Å². The van der Waals surface area contributed by atoms with Crippen LogP contribution in [0.25, 0.3) is 0 Å². The third-order valence-electron chi connectivity index (χ3n) is 10.4. The average molecular weight is 460 g/mol. The van der Waals surface area contributed by atoms with E-state index in [2.05, 4.69) is 31.0 Å². The predicted molar refractivity (Wildman–Crippen MR) is 124 cm³/mol. The maximum Gasteiger partial charge on any atom is 0.208 e. The van der Waals surface area contributed by atoms with Gasteiger partial charge >= 0.3 is 0 Å². The van der Waals surface area contributed by atoms with Gasteiger partial charge in [0.1, 0.15) is 5.76 Å². The summed E-state index contributed by atoms with van der Waals surface area (Å²) < 4.78 is 25.6. The van der Waals surface area contributed by atoms with Crippen molar-refractivity contribution < 1.29 is 24.1 Å². The van der Waals surface area contributed by atoms with Crippen molar-refractivity contribution in [3.63, 3.8) is 0 Å². The molecule has 4 bridgehead atoms. The van der Waals surface area contributed by atoms with E-state index >= 15 is 0 Å². The minimum atomic E-state index is -0.923. The van der Waals surface area contributed by atoms with Crippen LogP contribution in [0.5, 0.6) is 0 Å². The lowest BCUT2D eigenvalue weighted by Gasteiger charge is -2.63. The number of aliphatic hydroxyl groups is 1. The summed E-state index contributed by atoms with van der Waals surface area (Å²) in [6, 6.07) is 0.0723. The van der Waals surface area contributed by atoms with Gasteiger partial charge in [0, 0.05) is 31.6 Å². The Morgan fingerprint density at radius 2 is 1.94 bits per heavy atom. The van der Waals surface area contributed by atoms with E-state index in [1.165, 1.54) is 25.7 Å². The van der Waals surface area contributed by atoms with Crippen molar-refractivity contribution in [2.45, 2.75) is 69.8 Å². The number of piperidine rings is 1. The average Bonchev–Trinajstić information content (AvgIpc) is 3.03. The van der Waals surface area contributed by atoms with Crippen molar-refractivity contribution in [3.8, 4) is 0 Å². The molecule has 3 aliphatic heterocycles. The number of rotatable bonds is 1. The Morgan fingerprint density at radius 1 is 1.15 bits per heavy atom. The van der Waals surface area contributed by atoms with Gasteiger partial charge in [0.25, 0.3) is 0 Å². The van der Waals surface area contributed by atoms with Gasteiger partial charge in [-0.05, 0) is 69.0 Å². The largest absolute Gasteiger partial charge is 0.493 e. The summed E-state index contributed by atoms with van der Waals surface area (Å²) in [6.45, 7) is 5.42. The molecule has 3 saturated heterocycles. The van der Waals surface area contributed by atoms with E-state index < -0.39 is 17.3 Å². The second-order valence-electron chi connectivity index (χ2n) is 11.7. The number of fused-ring (bicyclic) bond motifs is 2.